The van der Waals surface area contributed by atoms with Crippen LogP contribution in [0.1, 0.15) is 21.3 Å². The third-order valence-electron chi connectivity index (χ3n) is 1.46. The van der Waals surface area contributed by atoms with Gasteiger partial charge in [-0.2, -0.15) is 0 Å². The molecule has 0 bridgehead atoms. The maximum atomic E-state index is 3.12. The number of hydrogen-bond acceptors (Lipinski definition) is 0. The van der Waals surface area contributed by atoms with Crippen LogP contribution in [0.3, 0.4) is 0 Å². The Morgan fingerprint density at radius 3 is 2.33 bits per heavy atom. The number of H-pyrrole nitrogens is 1. The second-order valence-corrected chi connectivity index (χ2v) is 2.06. The summed E-state index contributed by atoms with van der Waals surface area (Å²) in [6, 6.07) is 10.3. The highest BCUT2D eigenvalue weighted by Crippen LogP contribution is 2.09. The van der Waals surface area contributed by atoms with Crippen molar-refractivity contribution in [1.82, 2.24) is 4.98 Å². The first-order chi connectivity index (χ1) is 5.47. The van der Waals surface area contributed by atoms with Gasteiger partial charge in [-0.3, -0.25) is 0 Å². The van der Waals surface area contributed by atoms with Crippen LogP contribution in [0.2, 0.25) is 0 Å². The maximum absolute atomic E-state index is 3.12. The molecule has 1 aromatic heterocycles. The number of hydrogen-bond donors (Lipinski definition) is 1. The van der Waals surface area contributed by atoms with Gasteiger partial charge in [0.05, 0.1) is 0 Å². The van der Waals surface area contributed by atoms with E-state index in [0.29, 0.717) is 0 Å². The second kappa shape index (κ2) is 5.42. The standard InChI is InChI=1S/C8H7N.C2H6.CH4/c1-2-4-8-7(3-1)5-6-9-8;1-2;/h1-6,9H;1-2H3;1H4. The van der Waals surface area contributed by atoms with Crippen molar-refractivity contribution >= 4 is 10.9 Å². The molecular formula is C11H17N. The molecule has 0 spiro atoms. The van der Waals surface area contributed by atoms with Gasteiger partial charge in [-0.1, -0.05) is 39.5 Å². The molecule has 1 N–H and O–H groups in total. The van der Waals surface area contributed by atoms with E-state index < -0.39 is 0 Å². The number of aromatic amines is 1. The average molecular weight is 163 g/mol. The summed E-state index contributed by atoms with van der Waals surface area (Å²) in [5, 5.41) is 1.28. The Morgan fingerprint density at radius 1 is 1.00 bits per heavy atom. The van der Waals surface area contributed by atoms with E-state index in [1.165, 1.54) is 10.9 Å². The Bertz CT molecular complexity index is 279. The molecule has 0 fully saturated rings. The van der Waals surface area contributed by atoms with Crippen molar-refractivity contribution in [3.63, 3.8) is 0 Å². The van der Waals surface area contributed by atoms with Gasteiger partial charge in [0.15, 0.2) is 0 Å². The van der Waals surface area contributed by atoms with E-state index in [9.17, 15) is 0 Å². The summed E-state index contributed by atoms with van der Waals surface area (Å²) >= 11 is 0. The van der Waals surface area contributed by atoms with Crippen molar-refractivity contribution in [2.45, 2.75) is 21.3 Å². The Hall–Kier alpha value is -1.24. The lowest BCUT2D eigenvalue weighted by molar-refractivity contribution is 1.48. The molecule has 0 unspecified atom stereocenters. The summed E-state index contributed by atoms with van der Waals surface area (Å²) in [5.74, 6) is 0. The molecule has 0 saturated heterocycles. The Labute approximate surface area is 74.4 Å². The van der Waals surface area contributed by atoms with E-state index in [2.05, 4.69) is 23.2 Å². The lowest BCUT2D eigenvalue weighted by atomic mass is 10.3. The van der Waals surface area contributed by atoms with Gasteiger partial charge in [0.1, 0.15) is 0 Å². The molecule has 0 aliphatic heterocycles. The third-order valence-corrected chi connectivity index (χ3v) is 1.46. The molecule has 0 atom stereocenters. The number of para-hydroxylation sites is 1. The number of nitrogens with one attached hydrogen (secondary N) is 1. The van der Waals surface area contributed by atoms with Gasteiger partial charge >= 0.3 is 0 Å². The number of aromatic nitrogens is 1. The highest BCUT2D eigenvalue weighted by molar-refractivity contribution is 5.78. The summed E-state index contributed by atoms with van der Waals surface area (Å²) in [7, 11) is 0. The van der Waals surface area contributed by atoms with Crippen LogP contribution in [0.25, 0.3) is 10.9 Å². The van der Waals surface area contributed by atoms with E-state index in [-0.39, 0.29) is 7.43 Å². The molecule has 66 valence electrons. The molecule has 0 aliphatic carbocycles. The van der Waals surface area contributed by atoms with Gasteiger partial charge in [0, 0.05) is 11.7 Å². The van der Waals surface area contributed by atoms with Crippen molar-refractivity contribution in [2.75, 3.05) is 0 Å². The molecule has 0 aliphatic rings. The van der Waals surface area contributed by atoms with Crippen molar-refractivity contribution in [3.8, 4) is 0 Å². The lowest BCUT2D eigenvalue weighted by Gasteiger charge is -1.83. The minimum atomic E-state index is 0. The number of benzene rings is 1. The van der Waals surface area contributed by atoms with Gasteiger partial charge < -0.3 is 4.98 Å². The van der Waals surface area contributed by atoms with Crippen molar-refractivity contribution in [3.05, 3.63) is 36.5 Å². The number of fused-ring (bicyclic) bond motifs is 1. The predicted molar refractivity (Wildman–Crippen MR) is 56.4 cm³/mol. The van der Waals surface area contributed by atoms with Crippen LogP contribution in [-0.4, -0.2) is 4.98 Å². The first-order valence-electron chi connectivity index (χ1n) is 3.99. The van der Waals surface area contributed by atoms with E-state index in [0.717, 1.165) is 0 Å². The zero-order valence-electron chi connectivity index (χ0n) is 6.96. The van der Waals surface area contributed by atoms with Crippen LogP contribution in [0, 0.1) is 0 Å². The van der Waals surface area contributed by atoms with Crippen LogP contribution < -0.4 is 0 Å². The van der Waals surface area contributed by atoms with E-state index in [1.807, 2.05) is 32.2 Å². The Balaban J connectivity index is 0.000000378. The Kier molecular flexibility index (Phi) is 4.86. The van der Waals surface area contributed by atoms with Gasteiger partial charge in [0.2, 0.25) is 0 Å². The molecule has 0 amide bonds. The molecular weight excluding hydrogens is 146 g/mol. The molecule has 12 heavy (non-hydrogen) atoms. The normalized spacial score (nSPS) is 8.17. The van der Waals surface area contributed by atoms with Crippen LogP contribution in [0.5, 0.6) is 0 Å². The molecule has 1 nitrogen and oxygen atoms in total. The molecule has 1 aromatic carbocycles. The van der Waals surface area contributed by atoms with Gasteiger partial charge in [-0.05, 0) is 17.5 Å². The van der Waals surface area contributed by atoms with Gasteiger partial charge in [0.25, 0.3) is 0 Å². The van der Waals surface area contributed by atoms with Gasteiger partial charge in [-0.15, -0.1) is 0 Å². The first-order valence-corrected chi connectivity index (χ1v) is 3.99. The molecule has 2 rings (SSSR count). The van der Waals surface area contributed by atoms with E-state index in [1.54, 1.807) is 0 Å². The fourth-order valence-electron chi connectivity index (χ4n) is 0.995. The fraction of sp³-hybridized carbons (Fsp3) is 0.273. The molecule has 0 saturated carbocycles. The lowest BCUT2D eigenvalue weighted by Crippen LogP contribution is -1.61. The first kappa shape index (κ1) is 10.8. The average Bonchev–Trinajstić information content (AvgIpc) is 2.55. The van der Waals surface area contributed by atoms with Crippen LogP contribution in [-0.2, 0) is 0 Å². The Morgan fingerprint density at radius 2 is 1.67 bits per heavy atom. The summed E-state index contributed by atoms with van der Waals surface area (Å²) in [4.78, 5) is 3.12. The predicted octanol–water partition coefficient (Wildman–Crippen LogP) is 3.83. The van der Waals surface area contributed by atoms with E-state index >= 15 is 0 Å². The summed E-state index contributed by atoms with van der Waals surface area (Å²) in [5.41, 5.74) is 1.21. The number of rotatable bonds is 0. The highest BCUT2D eigenvalue weighted by atomic mass is 14.6. The summed E-state index contributed by atoms with van der Waals surface area (Å²) < 4.78 is 0. The smallest absolute Gasteiger partial charge is 0.0453 e. The van der Waals surface area contributed by atoms with E-state index in [4.69, 9.17) is 0 Å². The van der Waals surface area contributed by atoms with Gasteiger partial charge in [-0.25, -0.2) is 0 Å². The van der Waals surface area contributed by atoms with Crippen molar-refractivity contribution < 1.29 is 0 Å². The minimum absolute atomic E-state index is 0. The molecule has 1 heterocycles. The maximum Gasteiger partial charge on any atom is 0.0453 e. The topological polar surface area (TPSA) is 15.8 Å². The largest absolute Gasteiger partial charge is 0.361 e. The van der Waals surface area contributed by atoms with Crippen LogP contribution in [0.15, 0.2) is 36.5 Å². The fourth-order valence-corrected chi connectivity index (χ4v) is 0.995. The SMILES string of the molecule is C.CC.c1ccc2[nH]ccc2c1. The zero-order valence-corrected chi connectivity index (χ0v) is 6.96. The summed E-state index contributed by atoms with van der Waals surface area (Å²) in [6.07, 6.45) is 1.95. The quantitative estimate of drug-likeness (QED) is 0.607. The molecule has 2 aromatic rings. The van der Waals surface area contributed by atoms with Crippen molar-refractivity contribution in [2.24, 2.45) is 0 Å². The monoisotopic (exact) mass is 163 g/mol. The highest BCUT2D eigenvalue weighted by Gasteiger charge is 1.86. The minimum Gasteiger partial charge on any atom is -0.361 e. The third kappa shape index (κ3) is 2.12. The summed E-state index contributed by atoms with van der Waals surface area (Å²) in [6.45, 7) is 4.00. The molecule has 1 heteroatoms. The van der Waals surface area contributed by atoms with Crippen LogP contribution >= 0.6 is 0 Å². The van der Waals surface area contributed by atoms with Crippen LogP contribution in [0.4, 0.5) is 0 Å². The zero-order chi connectivity index (χ0) is 8.10. The van der Waals surface area contributed by atoms with Crippen molar-refractivity contribution in [1.29, 1.82) is 0 Å². The molecule has 0 radical (unpaired) electrons. The second-order valence-electron chi connectivity index (χ2n) is 2.06.